The quantitative estimate of drug-likeness (QED) is 0.704. The molecule has 0 saturated carbocycles. The standard InChI is InChI=1S/C16H25NO3/c1-3-4-9-18-10-5-8-17-13(2)14-6-7-15-16(11-14)20-12-19-15/h6-7,11,13,17H,3-5,8-10,12H2,1-2H3. The van der Waals surface area contributed by atoms with Crippen molar-refractivity contribution in [2.75, 3.05) is 26.6 Å². The largest absolute Gasteiger partial charge is 0.454 e. The van der Waals surface area contributed by atoms with Crippen LogP contribution in [0, 0.1) is 0 Å². The van der Waals surface area contributed by atoms with Crippen molar-refractivity contribution in [2.24, 2.45) is 0 Å². The van der Waals surface area contributed by atoms with Gasteiger partial charge in [-0.15, -0.1) is 0 Å². The molecule has 0 aliphatic carbocycles. The van der Waals surface area contributed by atoms with Crippen molar-refractivity contribution >= 4 is 0 Å². The van der Waals surface area contributed by atoms with E-state index in [1.807, 2.05) is 6.07 Å². The average Bonchev–Trinajstić information content (AvgIpc) is 2.93. The number of benzene rings is 1. The van der Waals surface area contributed by atoms with E-state index in [0.717, 1.165) is 44.1 Å². The Bertz CT molecular complexity index is 409. The molecule has 2 rings (SSSR count). The summed E-state index contributed by atoms with van der Waals surface area (Å²) in [7, 11) is 0. The number of hydrogen-bond donors (Lipinski definition) is 1. The predicted octanol–water partition coefficient (Wildman–Crippen LogP) is 3.27. The van der Waals surface area contributed by atoms with Crippen LogP contribution < -0.4 is 14.8 Å². The van der Waals surface area contributed by atoms with E-state index in [0.29, 0.717) is 12.8 Å². The zero-order valence-electron chi connectivity index (χ0n) is 12.5. The van der Waals surface area contributed by atoms with Crippen LogP contribution >= 0.6 is 0 Å². The molecule has 0 bridgehead atoms. The Morgan fingerprint density at radius 1 is 1.20 bits per heavy atom. The van der Waals surface area contributed by atoms with Crippen LogP contribution in [0.15, 0.2) is 18.2 Å². The van der Waals surface area contributed by atoms with Crippen molar-refractivity contribution in [3.8, 4) is 11.5 Å². The number of unbranched alkanes of at least 4 members (excludes halogenated alkanes) is 1. The van der Waals surface area contributed by atoms with Crippen molar-refractivity contribution in [1.82, 2.24) is 5.32 Å². The Kier molecular flexibility index (Phi) is 6.15. The molecular weight excluding hydrogens is 254 g/mol. The van der Waals surface area contributed by atoms with E-state index in [2.05, 4.69) is 31.3 Å². The van der Waals surface area contributed by atoms with Crippen LogP contribution in [-0.4, -0.2) is 26.6 Å². The Balaban J connectivity index is 1.66. The number of hydrogen-bond acceptors (Lipinski definition) is 4. The minimum absolute atomic E-state index is 0.306. The molecule has 112 valence electrons. The molecule has 1 atom stereocenters. The van der Waals surface area contributed by atoms with Gasteiger partial charge in [0.25, 0.3) is 0 Å². The van der Waals surface area contributed by atoms with E-state index in [4.69, 9.17) is 14.2 Å². The smallest absolute Gasteiger partial charge is 0.231 e. The van der Waals surface area contributed by atoms with Crippen molar-refractivity contribution in [1.29, 1.82) is 0 Å². The summed E-state index contributed by atoms with van der Waals surface area (Å²) >= 11 is 0. The molecule has 1 aliphatic heterocycles. The van der Waals surface area contributed by atoms with Gasteiger partial charge in [-0.2, -0.15) is 0 Å². The molecule has 0 aromatic heterocycles. The maximum atomic E-state index is 5.55. The molecule has 1 aromatic carbocycles. The zero-order valence-corrected chi connectivity index (χ0v) is 12.5. The molecule has 4 nitrogen and oxygen atoms in total. The highest BCUT2D eigenvalue weighted by atomic mass is 16.7. The number of nitrogens with one attached hydrogen (secondary N) is 1. The molecule has 20 heavy (non-hydrogen) atoms. The third-order valence-electron chi connectivity index (χ3n) is 3.45. The first kappa shape index (κ1) is 15.1. The molecule has 0 spiro atoms. The molecule has 1 heterocycles. The van der Waals surface area contributed by atoms with Gasteiger partial charge in [-0.25, -0.2) is 0 Å². The lowest BCUT2D eigenvalue weighted by Gasteiger charge is -2.14. The first-order valence-corrected chi connectivity index (χ1v) is 7.52. The Hall–Kier alpha value is -1.26. The van der Waals surface area contributed by atoms with Gasteiger partial charge < -0.3 is 19.5 Å². The highest BCUT2D eigenvalue weighted by molar-refractivity contribution is 5.45. The summed E-state index contributed by atoms with van der Waals surface area (Å²) in [5.41, 5.74) is 1.22. The summed E-state index contributed by atoms with van der Waals surface area (Å²) in [5.74, 6) is 1.68. The van der Waals surface area contributed by atoms with E-state index >= 15 is 0 Å². The van der Waals surface area contributed by atoms with Crippen molar-refractivity contribution < 1.29 is 14.2 Å². The van der Waals surface area contributed by atoms with Crippen molar-refractivity contribution in [2.45, 2.75) is 39.2 Å². The summed E-state index contributed by atoms with van der Waals surface area (Å²) in [6.07, 6.45) is 3.39. The summed E-state index contributed by atoms with van der Waals surface area (Å²) in [6, 6.07) is 6.42. The molecular formula is C16H25NO3. The highest BCUT2D eigenvalue weighted by Gasteiger charge is 2.15. The van der Waals surface area contributed by atoms with Gasteiger partial charge in [0.1, 0.15) is 0 Å². The summed E-state index contributed by atoms with van der Waals surface area (Å²) in [5, 5.41) is 3.50. The van der Waals surface area contributed by atoms with Crippen molar-refractivity contribution in [3.05, 3.63) is 23.8 Å². The number of ether oxygens (including phenoxy) is 3. The first-order chi connectivity index (χ1) is 9.81. The van der Waals surface area contributed by atoms with Crippen LogP contribution in [0.3, 0.4) is 0 Å². The lowest BCUT2D eigenvalue weighted by atomic mass is 10.1. The summed E-state index contributed by atoms with van der Waals surface area (Å²) < 4.78 is 16.3. The van der Waals surface area contributed by atoms with Crippen LogP contribution in [0.1, 0.15) is 44.7 Å². The SMILES string of the molecule is CCCCOCCCNC(C)c1ccc2c(c1)OCO2. The molecule has 0 saturated heterocycles. The van der Waals surface area contributed by atoms with Gasteiger partial charge in [0.15, 0.2) is 11.5 Å². The lowest BCUT2D eigenvalue weighted by molar-refractivity contribution is 0.128. The van der Waals surface area contributed by atoms with Crippen LogP contribution in [-0.2, 0) is 4.74 Å². The van der Waals surface area contributed by atoms with E-state index in [1.165, 1.54) is 12.0 Å². The fourth-order valence-corrected chi connectivity index (χ4v) is 2.14. The third kappa shape index (κ3) is 4.39. The minimum atomic E-state index is 0.306. The van der Waals surface area contributed by atoms with Gasteiger partial charge in [-0.3, -0.25) is 0 Å². The first-order valence-electron chi connectivity index (χ1n) is 7.52. The fraction of sp³-hybridized carbons (Fsp3) is 0.625. The topological polar surface area (TPSA) is 39.7 Å². The maximum absolute atomic E-state index is 5.55. The monoisotopic (exact) mass is 279 g/mol. The molecule has 1 N–H and O–H groups in total. The molecule has 0 amide bonds. The highest BCUT2D eigenvalue weighted by Crippen LogP contribution is 2.34. The van der Waals surface area contributed by atoms with E-state index < -0.39 is 0 Å². The second-order valence-electron chi connectivity index (χ2n) is 5.11. The van der Waals surface area contributed by atoms with Crippen LogP contribution in [0.25, 0.3) is 0 Å². The van der Waals surface area contributed by atoms with Gasteiger partial charge in [0.2, 0.25) is 6.79 Å². The van der Waals surface area contributed by atoms with Gasteiger partial charge in [0.05, 0.1) is 0 Å². The van der Waals surface area contributed by atoms with E-state index in [1.54, 1.807) is 0 Å². The molecule has 1 aromatic rings. The van der Waals surface area contributed by atoms with E-state index in [-0.39, 0.29) is 0 Å². The molecule has 4 heteroatoms. The van der Waals surface area contributed by atoms with Crippen LogP contribution in [0.5, 0.6) is 11.5 Å². The normalized spacial score (nSPS) is 14.5. The Morgan fingerprint density at radius 2 is 2.00 bits per heavy atom. The van der Waals surface area contributed by atoms with Crippen LogP contribution in [0.4, 0.5) is 0 Å². The van der Waals surface area contributed by atoms with Crippen molar-refractivity contribution in [3.63, 3.8) is 0 Å². The van der Waals surface area contributed by atoms with Gasteiger partial charge in [-0.1, -0.05) is 19.4 Å². The predicted molar refractivity (Wildman–Crippen MR) is 79.3 cm³/mol. The summed E-state index contributed by atoms with van der Waals surface area (Å²) in [4.78, 5) is 0. The van der Waals surface area contributed by atoms with Gasteiger partial charge >= 0.3 is 0 Å². The molecule has 1 unspecified atom stereocenters. The second kappa shape index (κ2) is 8.12. The number of rotatable bonds is 9. The zero-order chi connectivity index (χ0) is 14.2. The van der Waals surface area contributed by atoms with E-state index in [9.17, 15) is 0 Å². The Labute approximate surface area is 121 Å². The second-order valence-corrected chi connectivity index (χ2v) is 5.11. The van der Waals surface area contributed by atoms with Crippen LogP contribution in [0.2, 0.25) is 0 Å². The third-order valence-corrected chi connectivity index (χ3v) is 3.45. The molecule has 0 fully saturated rings. The lowest BCUT2D eigenvalue weighted by Crippen LogP contribution is -2.21. The minimum Gasteiger partial charge on any atom is -0.454 e. The summed E-state index contributed by atoms with van der Waals surface area (Å²) in [6.45, 7) is 7.35. The molecule has 0 radical (unpaired) electrons. The number of fused-ring (bicyclic) bond motifs is 1. The Morgan fingerprint density at radius 3 is 2.85 bits per heavy atom. The van der Waals surface area contributed by atoms with Gasteiger partial charge in [0, 0.05) is 19.3 Å². The molecule has 1 aliphatic rings. The van der Waals surface area contributed by atoms with Gasteiger partial charge in [-0.05, 0) is 44.0 Å². The maximum Gasteiger partial charge on any atom is 0.231 e. The average molecular weight is 279 g/mol. The fourth-order valence-electron chi connectivity index (χ4n) is 2.14.